The highest BCUT2D eigenvalue weighted by Crippen LogP contribution is 2.16. The Morgan fingerprint density at radius 2 is 2.06 bits per heavy atom. The molecule has 5 heteroatoms. The van der Waals surface area contributed by atoms with Crippen LogP contribution in [0.1, 0.15) is 12.0 Å². The fourth-order valence-electron chi connectivity index (χ4n) is 2.28. The summed E-state index contributed by atoms with van der Waals surface area (Å²) in [6.07, 6.45) is 3.79. The van der Waals surface area contributed by atoms with Gasteiger partial charge in [-0.1, -0.05) is 6.07 Å². The largest absolute Gasteiger partial charge is 0.337 e. The van der Waals surface area contributed by atoms with Gasteiger partial charge in [0.05, 0.1) is 11.0 Å². The Hall–Kier alpha value is -2.01. The van der Waals surface area contributed by atoms with Crippen molar-refractivity contribution in [3.05, 3.63) is 36.2 Å². The second-order valence-electron chi connectivity index (χ2n) is 4.62. The number of nitrogens with two attached hydrogens (primary N) is 1. The number of benzene rings is 1. The lowest BCUT2D eigenvalue weighted by atomic mass is 10.2. The molecule has 0 spiro atoms. The smallest absolute Gasteiger partial charge is 0.224 e. The van der Waals surface area contributed by atoms with E-state index in [1.807, 2.05) is 18.2 Å². The average Bonchev–Trinajstić information content (AvgIpc) is 2.68. The standard InChI is InChI=1S/C13H14N4O/c14-10-6-13(18)17(8-10)7-9-1-2-11-12(5-9)16-4-3-15-11/h1-5,10H,6-8,14H2. The number of amides is 1. The monoisotopic (exact) mass is 242 g/mol. The van der Waals surface area contributed by atoms with E-state index in [9.17, 15) is 4.79 Å². The Labute approximate surface area is 105 Å². The maximum absolute atomic E-state index is 11.7. The zero-order valence-corrected chi connectivity index (χ0v) is 9.91. The lowest BCUT2D eigenvalue weighted by molar-refractivity contribution is -0.128. The van der Waals surface area contributed by atoms with Gasteiger partial charge in [0.25, 0.3) is 0 Å². The minimum Gasteiger partial charge on any atom is -0.337 e. The molecule has 2 heterocycles. The van der Waals surface area contributed by atoms with Crippen molar-refractivity contribution in [3.63, 3.8) is 0 Å². The summed E-state index contributed by atoms with van der Waals surface area (Å²) >= 11 is 0. The van der Waals surface area contributed by atoms with Gasteiger partial charge >= 0.3 is 0 Å². The number of fused-ring (bicyclic) bond motifs is 1. The number of rotatable bonds is 2. The topological polar surface area (TPSA) is 72.1 Å². The quantitative estimate of drug-likeness (QED) is 0.841. The average molecular weight is 242 g/mol. The molecule has 2 N–H and O–H groups in total. The summed E-state index contributed by atoms with van der Waals surface area (Å²) in [4.78, 5) is 21.9. The van der Waals surface area contributed by atoms with E-state index in [-0.39, 0.29) is 11.9 Å². The van der Waals surface area contributed by atoms with Gasteiger partial charge in [-0.15, -0.1) is 0 Å². The molecule has 3 rings (SSSR count). The van der Waals surface area contributed by atoms with Crippen molar-refractivity contribution in [2.24, 2.45) is 5.73 Å². The van der Waals surface area contributed by atoms with Gasteiger partial charge in [-0.25, -0.2) is 0 Å². The number of nitrogens with zero attached hydrogens (tertiary/aromatic N) is 3. The minimum atomic E-state index is -0.0299. The van der Waals surface area contributed by atoms with Gasteiger partial charge < -0.3 is 10.6 Å². The SMILES string of the molecule is NC1CC(=O)N(Cc2ccc3nccnc3c2)C1. The number of carbonyl (C=O) groups excluding carboxylic acids is 1. The van der Waals surface area contributed by atoms with E-state index in [1.54, 1.807) is 17.3 Å². The zero-order valence-electron chi connectivity index (χ0n) is 9.91. The van der Waals surface area contributed by atoms with Gasteiger partial charge in [-0.05, 0) is 17.7 Å². The molecule has 2 aromatic rings. The predicted octanol–water partition coefficient (Wildman–Crippen LogP) is 0.689. The summed E-state index contributed by atoms with van der Waals surface area (Å²) in [5, 5.41) is 0. The first kappa shape index (κ1) is 11.1. The molecule has 1 aromatic carbocycles. The molecule has 1 aromatic heterocycles. The third kappa shape index (κ3) is 2.04. The van der Waals surface area contributed by atoms with Crippen LogP contribution in [0, 0.1) is 0 Å². The molecule has 92 valence electrons. The molecule has 1 aliphatic heterocycles. The van der Waals surface area contributed by atoms with E-state index in [0.29, 0.717) is 19.5 Å². The number of likely N-dealkylation sites (tertiary alicyclic amines) is 1. The Balaban J connectivity index is 1.84. The van der Waals surface area contributed by atoms with Crippen molar-refractivity contribution in [1.82, 2.24) is 14.9 Å². The van der Waals surface area contributed by atoms with Gasteiger partial charge in [0.2, 0.25) is 5.91 Å². The van der Waals surface area contributed by atoms with Crippen molar-refractivity contribution in [3.8, 4) is 0 Å². The van der Waals surface area contributed by atoms with E-state index >= 15 is 0 Å². The number of aromatic nitrogens is 2. The van der Waals surface area contributed by atoms with Crippen LogP contribution in [0.25, 0.3) is 11.0 Å². The number of carbonyl (C=O) groups is 1. The van der Waals surface area contributed by atoms with Crippen LogP contribution in [0.3, 0.4) is 0 Å². The van der Waals surface area contributed by atoms with Crippen LogP contribution in [0.4, 0.5) is 0 Å². The van der Waals surface area contributed by atoms with E-state index in [4.69, 9.17) is 5.73 Å². The maximum atomic E-state index is 11.7. The molecule has 0 bridgehead atoms. The highest BCUT2D eigenvalue weighted by molar-refractivity contribution is 5.79. The van der Waals surface area contributed by atoms with Gasteiger partial charge in [-0.2, -0.15) is 0 Å². The Bertz CT molecular complexity index is 598. The van der Waals surface area contributed by atoms with Gasteiger partial charge in [0, 0.05) is 37.9 Å². The fourth-order valence-corrected chi connectivity index (χ4v) is 2.28. The van der Waals surface area contributed by atoms with Crippen LogP contribution in [0.2, 0.25) is 0 Å². The first-order valence-electron chi connectivity index (χ1n) is 5.95. The molecular weight excluding hydrogens is 228 g/mol. The van der Waals surface area contributed by atoms with E-state index < -0.39 is 0 Å². The molecule has 0 saturated carbocycles. The normalized spacial score (nSPS) is 19.7. The second-order valence-corrected chi connectivity index (χ2v) is 4.62. The van der Waals surface area contributed by atoms with Crippen molar-refractivity contribution in [1.29, 1.82) is 0 Å². The van der Waals surface area contributed by atoms with Crippen LogP contribution in [-0.4, -0.2) is 33.4 Å². The first-order valence-corrected chi connectivity index (χ1v) is 5.95. The summed E-state index contributed by atoms with van der Waals surface area (Å²) in [5.74, 6) is 0.127. The maximum Gasteiger partial charge on any atom is 0.224 e. The minimum absolute atomic E-state index is 0.0299. The third-order valence-electron chi connectivity index (χ3n) is 3.15. The molecule has 1 fully saturated rings. The molecular formula is C13H14N4O. The molecule has 1 amide bonds. The summed E-state index contributed by atoms with van der Waals surface area (Å²) in [7, 11) is 0. The van der Waals surface area contributed by atoms with E-state index in [2.05, 4.69) is 9.97 Å². The summed E-state index contributed by atoms with van der Waals surface area (Å²) < 4.78 is 0. The highest BCUT2D eigenvalue weighted by Gasteiger charge is 2.26. The molecule has 1 aliphatic rings. The van der Waals surface area contributed by atoms with Crippen LogP contribution < -0.4 is 5.73 Å². The molecule has 18 heavy (non-hydrogen) atoms. The van der Waals surface area contributed by atoms with Crippen LogP contribution in [0.5, 0.6) is 0 Å². The highest BCUT2D eigenvalue weighted by atomic mass is 16.2. The lowest BCUT2D eigenvalue weighted by Crippen LogP contribution is -2.27. The summed E-state index contributed by atoms with van der Waals surface area (Å²) in [6, 6.07) is 5.85. The van der Waals surface area contributed by atoms with Gasteiger partial charge in [-0.3, -0.25) is 14.8 Å². The Morgan fingerprint density at radius 3 is 2.78 bits per heavy atom. The molecule has 1 atom stereocenters. The molecule has 1 unspecified atom stereocenters. The predicted molar refractivity (Wildman–Crippen MR) is 67.5 cm³/mol. The summed E-state index contributed by atoms with van der Waals surface area (Å²) in [5.41, 5.74) is 8.55. The van der Waals surface area contributed by atoms with Crippen molar-refractivity contribution >= 4 is 16.9 Å². The third-order valence-corrected chi connectivity index (χ3v) is 3.15. The van der Waals surface area contributed by atoms with Crippen LogP contribution in [0.15, 0.2) is 30.6 Å². The second kappa shape index (κ2) is 4.34. The van der Waals surface area contributed by atoms with Crippen molar-refractivity contribution < 1.29 is 4.79 Å². The van der Waals surface area contributed by atoms with E-state index in [0.717, 1.165) is 16.6 Å². The van der Waals surface area contributed by atoms with Crippen LogP contribution >= 0.6 is 0 Å². The van der Waals surface area contributed by atoms with E-state index in [1.165, 1.54) is 0 Å². The summed E-state index contributed by atoms with van der Waals surface area (Å²) in [6.45, 7) is 1.23. The lowest BCUT2D eigenvalue weighted by Gasteiger charge is -2.16. The van der Waals surface area contributed by atoms with Gasteiger partial charge in [0.15, 0.2) is 0 Å². The fraction of sp³-hybridized carbons (Fsp3) is 0.308. The van der Waals surface area contributed by atoms with Crippen LogP contribution in [-0.2, 0) is 11.3 Å². The van der Waals surface area contributed by atoms with Crippen molar-refractivity contribution in [2.45, 2.75) is 19.0 Å². The molecule has 1 saturated heterocycles. The first-order chi connectivity index (χ1) is 8.72. The number of hydrogen-bond acceptors (Lipinski definition) is 4. The molecule has 0 aliphatic carbocycles. The zero-order chi connectivity index (χ0) is 12.5. The molecule has 0 radical (unpaired) electrons. The Kier molecular flexibility index (Phi) is 2.68. The number of hydrogen-bond donors (Lipinski definition) is 1. The van der Waals surface area contributed by atoms with Crippen molar-refractivity contribution in [2.75, 3.05) is 6.54 Å². The molecule has 5 nitrogen and oxygen atoms in total. The van der Waals surface area contributed by atoms with Gasteiger partial charge in [0.1, 0.15) is 0 Å². The Morgan fingerprint density at radius 1 is 1.28 bits per heavy atom.